The number of likely N-dealkylation sites (N-methyl/N-ethyl adjacent to an activating group) is 1. The highest BCUT2D eigenvalue weighted by molar-refractivity contribution is 6.33. The fourth-order valence-corrected chi connectivity index (χ4v) is 5.63. The van der Waals surface area contributed by atoms with Crippen LogP contribution >= 0.6 is 11.6 Å². The first kappa shape index (κ1) is 23.6. The lowest BCUT2D eigenvalue weighted by Gasteiger charge is -2.45. The average molecular weight is 480 g/mol. The molecule has 2 amide bonds. The second-order valence-corrected chi connectivity index (χ2v) is 9.19. The van der Waals surface area contributed by atoms with Gasteiger partial charge in [0, 0.05) is 23.6 Å². The normalized spacial score (nSPS) is 24.8. The number of likely N-dealkylation sites (tertiary alicyclic amines) is 1. The molecular weight excluding hydrogens is 452 g/mol. The summed E-state index contributed by atoms with van der Waals surface area (Å²) >= 11 is 5.90. The van der Waals surface area contributed by atoms with Crippen molar-refractivity contribution in [3.05, 3.63) is 52.6 Å². The summed E-state index contributed by atoms with van der Waals surface area (Å²) in [6.07, 6.45) is 3.41. The zero-order valence-corrected chi connectivity index (χ0v) is 19.6. The van der Waals surface area contributed by atoms with Crippen molar-refractivity contribution in [1.82, 2.24) is 10.2 Å². The molecule has 6 nitrogen and oxygen atoms in total. The Hall–Kier alpha value is -2.58. The Balaban J connectivity index is 1.49. The summed E-state index contributed by atoms with van der Waals surface area (Å²) in [6, 6.07) is 7.33. The molecule has 2 fully saturated rings. The largest absolute Gasteiger partial charge is 0.493 e. The number of fused-ring (bicyclic) bond motifs is 1. The zero-order chi connectivity index (χ0) is 23.8. The van der Waals surface area contributed by atoms with E-state index >= 15 is 0 Å². The maximum absolute atomic E-state index is 14.0. The summed E-state index contributed by atoms with van der Waals surface area (Å²) in [4.78, 5) is 14.9. The van der Waals surface area contributed by atoms with Gasteiger partial charge in [-0.05, 0) is 63.0 Å². The minimum atomic E-state index is -0.915. The van der Waals surface area contributed by atoms with Crippen molar-refractivity contribution < 1.29 is 23.0 Å². The molecule has 0 spiro atoms. The van der Waals surface area contributed by atoms with Crippen LogP contribution in [-0.4, -0.2) is 50.8 Å². The fraction of sp³-hybridized carbons (Fsp3) is 0.458. The Labute approximate surface area is 197 Å². The number of amides is 2. The van der Waals surface area contributed by atoms with Crippen LogP contribution in [0.15, 0.2) is 30.3 Å². The number of nitrogens with zero attached hydrogens (tertiary/aromatic N) is 1. The van der Waals surface area contributed by atoms with Crippen LogP contribution < -0.4 is 20.1 Å². The first-order chi connectivity index (χ1) is 15.8. The standard InChI is InChI=1S/C24H28ClF2N3O3/c1-30-9-8-24(14-4-5-19(32-2)20(10-14)33-3)7-6-16(13-21(24)30)28-23(31)29-22-17(25)11-15(26)12-18(22)27/h4-5,10-12,16,21H,6-9,13H2,1-3H3,(H2,28,29,31)/t16-,21+,24+/m1/s1. The Morgan fingerprint density at radius 3 is 2.61 bits per heavy atom. The van der Waals surface area contributed by atoms with Gasteiger partial charge < -0.3 is 25.0 Å². The third kappa shape index (κ3) is 4.46. The first-order valence-corrected chi connectivity index (χ1v) is 11.3. The van der Waals surface area contributed by atoms with Crippen molar-refractivity contribution in [2.75, 3.05) is 33.1 Å². The molecule has 0 radical (unpaired) electrons. The number of rotatable bonds is 5. The molecule has 1 aliphatic carbocycles. The van der Waals surface area contributed by atoms with E-state index in [4.69, 9.17) is 21.1 Å². The Morgan fingerprint density at radius 1 is 1.15 bits per heavy atom. The Morgan fingerprint density at radius 2 is 1.91 bits per heavy atom. The average Bonchev–Trinajstić information content (AvgIpc) is 3.13. The summed E-state index contributed by atoms with van der Waals surface area (Å²) in [5.41, 5.74) is 0.927. The van der Waals surface area contributed by atoms with Crippen LogP contribution in [0.5, 0.6) is 11.5 Å². The van der Waals surface area contributed by atoms with Crippen molar-refractivity contribution in [2.45, 2.75) is 43.2 Å². The lowest BCUT2D eigenvalue weighted by Crippen LogP contribution is -2.52. The molecule has 2 aromatic carbocycles. The van der Waals surface area contributed by atoms with E-state index in [0.717, 1.165) is 38.3 Å². The summed E-state index contributed by atoms with van der Waals surface area (Å²) in [7, 11) is 5.35. The SMILES string of the molecule is COc1ccc([C@@]23CC[C@@H](NC(=O)Nc4c(F)cc(F)cc4Cl)C[C@@H]2N(C)CC3)cc1OC. The molecule has 0 aromatic heterocycles. The van der Waals surface area contributed by atoms with Gasteiger partial charge in [-0.3, -0.25) is 0 Å². The first-order valence-electron chi connectivity index (χ1n) is 10.9. The van der Waals surface area contributed by atoms with E-state index in [1.807, 2.05) is 6.07 Å². The molecule has 0 bridgehead atoms. The molecule has 1 saturated heterocycles. The number of carbonyl (C=O) groups excluding carboxylic acids is 1. The van der Waals surface area contributed by atoms with Gasteiger partial charge in [0.15, 0.2) is 17.3 Å². The van der Waals surface area contributed by atoms with Gasteiger partial charge in [-0.1, -0.05) is 17.7 Å². The van der Waals surface area contributed by atoms with Crippen molar-refractivity contribution in [3.8, 4) is 11.5 Å². The van der Waals surface area contributed by atoms with E-state index < -0.39 is 17.7 Å². The van der Waals surface area contributed by atoms with Crippen LogP contribution in [0.3, 0.4) is 0 Å². The second kappa shape index (κ2) is 9.35. The molecule has 33 heavy (non-hydrogen) atoms. The van der Waals surface area contributed by atoms with Gasteiger partial charge in [-0.2, -0.15) is 0 Å². The molecule has 1 heterocycles. The van der Waals surface area contributed by atoms with Gasteiger partial charge in [0.1, 0.15) is 5.82 Å². The summed E-state index contributed by atoms with van der Waals surface area (Å²) < 4.78 is 38.2. The molecule has 4 rings (SSSR count). The molecule has 3 atom stereocenters. The third-order valence-electron chi connectivity index (χ3n) is 7.07. The van der Waals surface area contributed by atoms with E-state index in [1.54, 1.807) is 14.2 Å². The van der Waals surface area contributed by atoms with Crippen molar-refractivity contribution in [3.63, 3.8) is 0 Å². The maximum atomic E-state index is 14.0. The highest BCUT2D eigenvalue weighted by Gasteiger charge is 2.50. The quantitative estimate of drug-likeness (QED) is 0.637. The molecule has 9 heteroatoms. The van der Waals surface area contributed by atoms with Gasteiger partial charge in [0.25, 0.3) is 0 Å². The zero-order valence-electron chi connectivity index (χ0n) is 18.9. The minimum absolute atomic E-state index is 0.0463. The number of methoxy groups -OCH3 is 2. The Kier molecular flexibility index (Phi) is 6.68. The smallest absolute Gasteiger partial charge is 0.319 e. The lowest BCUT2D eigenvalue weighted by atomic mass is 9.65. The number of anilines is 1. The molecule has 2 N–H and O–H groups in total. The number of benzene rings is 2. The fourth-order valence-electron chi connectivity index (χ4n) is 5.39. The predicted octanol–water partition coefficient (Wildman–Crippen LogP) is 4.95. The van der Waals surface area contributed by atoms with Gasteiger partial charge in [-0.15, -0.1) is 0 Å². The molecule has 1 saturated carbocycles. The number of carbonyl (C=O) groups is 1. The number of hydrogen-bond acceptors (Lipinski definition) is 4. The molecule has 2 aromatic rings. The van der Waals surface area contributed by atoms with Gasteiger partial charge in [0.2, 0.25) is 0 Å². The van der Waals surface area contributed by atoms with Crippen molar-refractivity contribution in [2.24, 2.45) is 0 Å². The van der Waals surface area contributed by atoms with Crippen LogP contribution in [0.25, 0.3) is 0 Å². The molecule has 178 valence electrons. The highest BCUT2D eigenvalue weighted by atomic mass is 35.5. The third-order valence-corrected chi connectivity index (χ3v) is 7.36. The maximum Gasteiger partial charge on any atom is 0.319 e. The predicted molar refractivity (Wildman–Crippen MR) is 123 cm³/mol. The molecular formula is C24H28ClF2N3O3. The van der Waals surface area contributed by atoms with E-state index in [0.29, 0.717) is 17.6 Å². The van der Waals surface area contributed by atoms with Crippen LogP contribution in [0.4, 0.5) is 19.3 Å². The van der Waals surface area contributed by atoms with Crippen LogP contribution in [0, 0.1) is 11.6 Å². The summed E-state index contributed by atoms with van der Waals surface area (Å²) in [6.45, 7) is 0.953. The van der Waals surface area contributed by atoms with Gasteiger partial charge in [0.05, 0.1) is 24.9 Å². The minimum Gasteiger partial charge on any atom is -0.493 e. The lowest BCUT2D eigenvalue weighted by molar-refractivity contribution is 0.156. The van der Waals surface area contributed by atoms with Crippen molar-refractivity contribution in [1.29, 1.82) is 0 Å². The monoisotopic (exact) mass is 479 g/mol. The summed E-state index contributed by atoms with van der Waals surface area (Å²) in [5.74, 6) is -0.317. The Bertz CT molecular complexity index is 1030. The van der Waals surface area contributed by atoms with Crippen LogP contribution in [-0.2, 0) is 5.41 Å². The highest BCUT2D eigenvalue weighted by Crippen LogP contribution is 2.49. The van der Waals surface area contributed by atoms with E-state index in [9.17, 15) is 13.6 Å². The van der Waals surface area contributed by atoms with Gasteiger partial charge in [-0.25, -0.2) is 13.6 Å². The van der Waals surface area contributed by atoms with E-state index in [1.165, 1.54) is 5.56 Å². The number of ether oxygens (including phenoxy) is 2. The number of hydrogen-bond donors (Lipinski definition) is 2. The number of halogens is 3. The second-order valence-electron chi connectivity index (χ2n) is 8.79. The summed E-state index contributed by atoms with van der Waals surface area (Å²) in [5, 5.41) is 5.18. The van der Waals surface area contributed by atoms with Crippen molar-refractivity contribution >= 4 is 23.3 Å². The van der Waals surface area contributed by atoms with E-state index in [-0.39, 0.29) is 28.2 Å². The van der Waals surface area contributed by atoms with E-state index in [2.05, 4.69) is 34.7 Å². The number of urea groups is 1. The topological polar surface area (TPSA) is 62.8 Å². The van der Waals surface area contributed by atoms with Gasteiger partial charge >= 0.3 is 6.03 Å². The molecule has 2 aliphatic rings. The van der Waals surface area contributed by atoms with Crippen LogP contribution in [0.2, 0.25) is 5.02 Å². The van der Waals surface area contributed by atoms with Crippen LogP contribution in [0.1, 0.15) is 31.2 Å². The molecule has 1 aliphatic heterocycles. The number of nitrogens with one attached hydrogen (secondary N) is 2. The molecule has 0 unspecified atom stereocenters.